The normalized spacial score (nSPS) is 12.5. The van der Waals surface area contributed by atoms with Gasteiger partial charge in [-0.05, 0) is 6.92 Å². The molecular formula is C9H17ClO5. The van der Waals surface area contributed by atoms with Gasteiger partial charge in [0.25, 0.3) is 0 Å². The van der Waals surface area contributed by atoms with Crippen LogP contribution in [0.2, 0.25) is 0 Å². The third-order valence-corrected chi connectivity index (χ3v) is 1.70. The van der Waals surface area contributed by atoms with Gasteiger partial charge in [-0.2, -0.15) is 0 Å². The molecule has 0 fully saturated rings. The summed E-state index contributed by atoms with van der Waals surface area (Å²) < 4.78 is 19.5. The van der Waals surface area contributed by atoms with Crippen LogP contribution in [0, 0.1) is 0 Å². The second-order valence-corrected chi connectivity index (χ2v) is 2.94. The van der Waals surface area contributed by atoms with Gasteiger partial charge < -0.3 is 18.9 Å². The number of hydrogen-bond acceptors (Lipinski definition) is 5. The Hall–Kier alpha value is -0.360. The highest BCUT2D eigenvalue weighted by molar-refractivity contribution is 6.28. The molecule has 1 atom stereocenters. The zero-order valence-corrected chi connectivity index (χ0v) is 9.79. The second-order valence-electron chi connectivity index (χ2n) is 2.54. The Kier molecular flexibility index (Phi) is 9.92. The summed E-state index contributed by atoms with van der Waals surface area (Å²) in [6.07, 6.45) is 0. The quantitative estimate of drug-likeness (QED) is 0.339. The Labute approximate surface area is 94.6 Å². The minimum absolute atomic E-state index is 0.247. The second kappa shape index (κ2) is 10.2. The molecule has 0 radical (unpaired) electrons. The largest absolute Gasteiger partial charge is 0.463 e. The van der Waals surface area contributed by atoms with Crippen molar-refractivity contribution < 1.29 is 23.7 Å². The molecule has 0 aromatic rings. The van der Waals surface area contributed by atoms with Crippen molar-refractivity contribution in [3.63, 3.8) is 0 Å². The maximum atomic E-state index is 11.0. The minimum atomic E-state index is -1.06. The molecule has 0 aliphatic carbocycles. The Morgan fingerprint density at radius 3 is 2.53 bits per heavy atom. The van der Waals surface area contributed by atoms with Gasteiger partial charge in [0.2, 0.25) is 5.56 Å². The van der Waals surface area contributed by atoms with E-state index in [-0.39, 0.29) is 13.2 Å². The average molecular weight is 241 g/mol. The molecule has 0 bridgehead atoms. The molecule has 0 N–H and O–H groups in total. The zero-order chi connectivity index (χ0) is 11.5. The van der Waals surface area contributed by atoms with Crippen LogP contribution >= 0.6 is 11.6 Å². The van der Waals surface area contributed by atoms with Crippen molar-refractivity contribution in [3.8, 4) is 0 Å². The highest BCUT2D eigenvalue weighted by Crippen LogP contribution is 2.01. The van der Waals surface area contributed by atoms with Gasteiger partial charge >= 0.3 is 5.97 Å². The van der Waals surface area contributed by atoms with Crippen LogP contribution in [-0.4, -0.2) is 51.7 Å². The van der Waals surface area contributed by atoms with Crippen LogP contribution in [-0.2, 0) is 23.7 Å². The first-order valence-corrected chi connectivity index (χ1v) is 5.15. The highest BCUT2D eigenvalue weighted by Gasteiger charge is 2.16. The number of esters is 1. The van der Waals surface area contributed by atoms with Crippen LogP contribution in [0.4, 0.5) is 0 Å². The highest BCUT2D eigenvalue weighted by atomic mass is 35.5. The van der Waals surface area contributed by atoms with Gasteiger partial charge in [0.1, 0.15) is 0 Å². The first-order valence-electron chi connectivity index (χ1n) is 4.71. The van der Waals surface area contributed by atoms with Gasteiger partial charge in [-0.15, -0.1) is 0 Å². The Balaban J connectivity index is 3.30. The summed E-state index contributed by atoms with van der Waals surface area (Å²) in [5.74, 6) is -0.573. The van der Waals surface area contributed by atoms with Crippen LogP contribution in [0.3, 0.4) is 0 Å². The number of rotatable bonds is 9. The minimum Gasteiger partial charge on any atom is -0.463 e. The van der Waals surface area contributed by atoms with Crippen molar-refractivity contribution in [1.29, 1.82) is 0 Å². The number of carbonyl (C=O) groups excluding carboxylic acids is 1. The van der Waals surface area contributed by atoms with Crippen LogP contribution in [0.1, 0.15) is 6.92 Å². The maximum Gasteiger partial charge on any atom is 0.350 e. The summed E-state index contributed by atoms with van der Waals surface area (Å²) >= 11 is 5.57. The Morgan fingerprint density at radius 1 is 1.27 bits per heavy atom. The van der Waals surface area contributed by atoms with Crippen molar-refractivity contribution in [2.24, 2.45) is 0 Å². The summed E-state index contributed by atoms with van der Waals surface area (Å²) in [5.41, 5.74) is -1.06. The van der Waals surface area contributed by atoms with E-state index in [0.717, 1.165) is 0 Å². The van der Waals surface area contributed by atoms with E-state index < -0.39 is 11.5 Å². The number of alkyl halides is 1. The zero-order valence-electron chi connectivity index (χ0n) is 9.03. The maximum absolute atomic E-state index is 11.0. The van der Waals surface area contributed by atoms with Crippen molar-refractivity contribution in [3.05, 3.63) is 0 Å². The molecule has 0 aromatic carbocycles. The third-order valence-electron chi connectivity index (χ3n) is 1.40. The molecule has 15 heavy (non-hydrogen) atoms. The lowest BCUT2D eigenvalue weighted by Gasteiger charge is -2.09. The molecule has 0 amide bonds. The molecular weight excluding hydrogens is 224 g/mol. The molecule has 0 aliphatic rings. The fraction of sp³-hybridized carbons (Fsp3) is 0.889. The lowest BCUT2D eigenvalue weighted by molar-refractivity contribution is -0.151. The molecule has 0 heterocycles. The molecule has 0 aliphatic heterocycles. The first-order chi connectivity index (χ1) is 7.22. The van der Waals surface area contributed by atoms with E-state index in [0.29, 0.717) is 19.8 Å². The number of methoxy groups -OCH3 is 1. The van der Waals surface area contributed by atoms with E-state index in [4.69, 9.17) is 25.8 Å². The number of carbonyl (C=O) groups is 1. The molecule has 0 spiro atoms. The van der Waals surface area contributed by atoms with Gasteiger partial charge in [-0.3, -0.25) is 0 Å². The van der Waals surface area contributed by atoms with E-state index in [1.165, 1.54) is 0 Å². The summed E-state index contributed by atoms with van der Waals surface area (Å²) in [6.45, 7) is 3.63. The summed E-state index contributed by atoms with van der Waals surface area (Å²) in [6, 6.07) is 0. The van der Waals surface area contributed by atoms with Gasteiger partial charge in [0.05, 0.1) is 33.0 Å². The van der Waals surface area contributed by atoms with Crippen LogP contribution < -0.4 is 0 Å². The lowest BCUT2D eigenvalue weighted by Crippen LogP contribution is -2.23. The number of hydrogen-bond donors (Lipinski definition) is 0. The van der Waals surface area contributed by atoms with Gasteiger partial charge in [-0.1, -0.05) is 11.6 Å². The monoisotopic (exact) mass is 240 g/mol. The van der Waals surface area contributed by atoms with Gasteiger partial charge in [-0.25, -0.2) is 4.79 Å². The molecule has 90 valence electrons. The van der Waals surface area contributed by atoms with E-state index >= 15 is 0 Å². The van der Waals surface area contributed by atoms with Crippen molar-refractivity contribution in [2.45, 2.75) is 12.5 Å². The summed E-state index contributed by atoms with van der Waals surface area (Å²) in [5, 5.41) is 0. The van der Waals surface area contributed by atoms with E-state index in [1.54, 1.807) is 14.0 Å². The van der Waals surface area contributed by atoms with Crippen molar-refractivity contribution in [2.75, 3.05) is 40.1 Å². The number of ether oxygens (including phenoxy) is 4. The standard InChI is InChI=1S/C9H17ClO5/c1-3-14-9(11)8(10)15-7-6-13-5-4-12-2/h8H,3-7H2,1-2H3. The van der Waals surface area contributed by atoms with Crippen molar-refractivity contribution in [1.82, 2.24) is 0 Å². The van der Waals surface area contributed by atoms with Crippen LogP contribution in [0.25, 0.3) is 0 Å². The molecule has 0 saturated heterocycles. The molecule has 0 aromatic heterocycles. The SMILES string of the molecule is CCOC(=O)C(Cl)OCCOCCOC. The molecule has 6 heteroatoms. The van der Waals surface area contributed by atoms with Crippen LogP contribution in [0.15, 0.2) is 0 Å². The lowest BCUT2D eigenvalue weighted by atomic mass is 10.6. The third kappa shape index (κ3) is 8.62. The fourth-order valence-corrected chi connectivity index (χ4v) is 0.883. The average Bonchev–Trinajstić information content (AvgIpc) is 2.23. The summed E-state index contributed by atoms with van der Waals surface area (Å²) in [4.78, 5) is 11.0. The number of halogens is 1. The predicted molar refractivity (Wildman–Crippen MR) is 54.9 cm³/mol. The smallest absolute Gasteiger partial charge is 0.350 e. The molecule has 0 saturated carbocycles. The van der Waals surface area contributed by atoms with E-state index in [2.05, 4.69) is 4.74 Å². The Bertz CT molecular complexity index is 165. The molecule has 5 nitrogen and oxygen atoms in total. The fourth-order valence-electron chi connectivity index (χ4n) is 0.731. The van der Waals surface area contributed by atoms with E-state index in [1.807, 2.05) is 0 Å². The van der Waals surface area contributed by atoms with Crippen LogP contribution in [0.5, 0.6) is 0 Å². The Morgan fingerprint density at radius 2 is 1.93 bits per heavy atom. The molecule has 1 unspecified atom stereocenters. The molecule has 0 rings (SSSR count). The van der Waals surface area contributed by atoms with E-state index in [9.17, 15) is 4.79 Å². The van der Waals surface area contributed by atoms with Gasteiger partial charge in [0, 0.05) is 7.11 Å². The topological polar surface area (TPSA) is 54.0 Å². The predicted octanol–water partition coefficient (Wildman–Crippen LogP) is 0.794. The van der Waals surface area contributed by atoms with Crippen molar-refractivity contribution >= 4 is 17.6 Å². The van der Waals surface area contributed by atoms with Gasteiger partial charge in [0.15, 0.2) is 0 Å². The summed E-state index contributed by atoms with van der Waals surface area (Å²) in [7, 11) is 1.59. The first kappa shape index (κ1) is 14.6.